The molecule has 1 fully saturated rings. The molecule has 35 heavy (non-hydrogen) atoms. The number of amides is 3. The second-order valence-corrected chi connectivity index (χ2v) is 8.52. The Morgan fingerprint density at radius 2 is 1.69 bits per heavy atom. The van der Waals surface area contributed by atoms with Gasteiger partial charge in [0, 0.05) is 49.2 Å². The van der Waals surface area contributed by atoms with Crippen LogP contribution in [-0.2, 0) is 6.54 Å². The van der Waals surface area contributed by atoms with Crippen LogP contribution in [-0.4, -0.2) is 55.3 Å². The van der Waals surface area contributed by atoms with Crippen molar-refractivity contribution < 1.29 is 19.5 Å². The number of methoxy groups -OCH3 is 1. The molecular weight excluding hydrogens is 444 g/mol. The van der Waals surface area contributed by atoms with E-state index in [1.54, 1.807) is 41.8 Å². The summed E-state index contributed by atoms with van der Waals surface area (Å²) in [4.78, 5) is 31.3. The van der Waals surface area contributed by atoms with Gasteiger partial charge in [0.2, 0.25) is 0 Å². The molecule has 3 aromatic carbocycles. The molecule has 1 saturated heterocycles. The molecular formula is C27H30N4O4. The van der Waals surface area contributed by atoms with E-state index < -0.39 is 5.91 Å². The number of carbonyl (C=O) groups excluding carboxylic acids is 2. The van der Waals surface area contributed by atoms with Crippen LogP contribution >= 0.6 is 0 Å². The first-order chi connectivity index (χ1) is 17.0. The van der Waals surface area contributed by atoms with Crippen LogP contribution < -0.4 is 20.0 Å². The number of ether oxygens (including phenoxy) is 1. The van der Waals surface area contributed by atoms with Gasteiger partial charge in [-0.25, -0.2) is 10.3 Å². The van der Waals surface area contributed by atoms with Crippen molar-refractivity contribution in [1.82, 2.24) is 10.4 Å². The highest BCUT2D eigenvalue weighted by atomic mass is 16.5. The van der Waals surface area contributed by atoms with Gasteiger partial charge in [0.1, 0.15) is 5.75 Å². The number of nitrogens with zero attached hydrogens (tertiary/aromatic N) is 3. The molecule has 8 nitrogen and oxygen atoms in total. The van der Waals surface area contributed by atoms with Gasteiger partial charge >= 0.3 is 6.03 Å². The van der Waals surface area contributed by atoms with E-state index in [0.717, 1.165) is 41.3 Å². The average Bonchev–Trinajstić information content (AvgIpc) is 2.91. The summed E-state index contributed by atoms with van der Waals surface area (Å²) in [6, 6.07) is 22.6. The molecule has 1 aliphatic heterocycles. The highest BCUT2D eigenvalue weighted by Gasteiger charge is 2.27. The summed E-state index contributed by atoms with van der Waals surface area (Å²) in [7, 11) is 1.66. The minimum atomic E-state index is -0.572. The zero-order chi connectivity index (χ0) is 24.8. The molecule has 0 saturated carbocycles. The molecule has 0 unspecified atom stereocenters. The molecule has 0 aliphatic carbocycles. The SMILES string of the molecule is COc1cccc(N2CCN(C(=O)N(Cc3ccc(C(=O)NO)cc3)c3cccc(C)c3)CC2)c1. The van der Waals surface area contributed by atoms with Crippen LogP contribution in [0.1, 0.15) is 21.5 Å². The fourth-order valence-corrected chi connectivity index (χ4v) is 4.21. The van der Waals surface area contributed by atoms with Crippen molar-refractivity contribution in [2.75, 3.05) is 43.1 Å². The van der Waals surface area contributed by atoms with E-state index in [1.807, 2.05) is 54.3 Å². The van der Waals surface area contributed by atoms with Crippen LogP contribution in [0.4, 0.5) is 16.2 Å². The number of anilines is 2. The van der Waals surface area contributed by atoms with Crippen LogP contribution in [0, 0.1) is 6.92 Å². The Morgan fingerprint density at radius 3 is 2.34 bits per heavy atom. The fourth-order valence-electron chi connectivity index (χ4n) is 4.21. The van der Waals surface area contributed by atoms with Gasteiger partial charge in [0.25, 0.3) is 5.91 Å². The number of aryl methyl sites for hydroxylation is 1. The molecule has 0 spiro atoms. The van der Waals surface area contributed by atoms with Gasteiger partial charge in [-0.3, -0.25) is 14.9 Å². The Labute approximate surface area is 205 Å². The molecule has 8 heteroatoms. The molecule has 2 N–H and O–H groups in total. The van der Waals surface area contributed by atoms with Crippen molar-refractivity contribution >= 4 is 23.3 Å². The summed E-state index contributed by atoms with van der Waals surface area (Å²) in [6.45, 7) is 5.03. The van der Waals surface area contributed by atoms with Crippen LogP contribution in [0.15, 0.2) is 72.8 Å². The van der Waals surface area contributed by atoms with Crippen molar-refractivity contribution in [3.05, 3.63) is 89.5 Å². The van der Waals surface area contributed by atoms with Crippen molar-refractivity contribution in [3.8, 4) is 5.75 Å². The van der Waals surface area contributed by atoms with E-state index in [-0.39, 0.29) is 6.03 Å². The topological polar surface area (TPSA) is 85.4 Å². The Balaban J connectivity index is 1.50. The maximum Gasteiger partial charge on any atom is 0.324 e. The van der Waals surface area contributed by atoms with Crippen molar-refractivity contribution in [2.24, 2.45) is 0 Å². The maximum atomic E-state index is 13.7. The highest BCUT2D eigenvalue weighted by Crippen LogP contribution is 2.24. The average molecular weight is 475 g/mol. The third-order valence-corrected chi connectivity index (χ3v) is 6.17. The third-order valence-electron chi connectivity index (χ3n) is 6.17. The third kappa shape index (κ3) is 5.73. The van der Waals surface area contributed by atoms with Gasteiger partial charge in [0.15, 0.2) is 0 Å². The lowest BCUT2D eigenvalue weighted by Gasteiger charge is -2.38. The van der Waals surface area contributed by atoms with Gasteiger partial charge in [-0.2, -0.15) is 0 Å². The number of rotatable bonds is 6. The van der Waals surface area contributed by atoms with E-state index in [1.165, 1.54) is 0 Å². The molecule has 0 radical (unpaired) electrons. The molecule has 0 bridgehead atoms. The summed E-state index contributed by atoms with van der Waals surface area (Å²) in [5.41, 5.74) is 5.83. The zero-order valence-electron chi connectivity index (χ0n) is 20.0. The van der Waals surface area contributed by atoms with Crippen molar-refractivity contribution in [2.45, 2.75) is 13.5 Å². The van der Waals surface area contributed by atoms with E-state index in [4.69, 9.17) is 9.94 Å². The molecule has 182 valence electrons. The van der Waals surface area contributed by atoms with E-state index in [9.17, 15) is 9.59 Å². The quantitative estimate of drug-likeness (QED) is 0.416. The van der Waals surface area contributed by atoms with E-state index >= 15 is 0 Å². The lowest BCUT2D eigenvalue weighted by atomic mass is 10.1. The second-order valence-electron chi connectivity index (χ2n) is 8.52. The predicted octanol–water partition coefficient (Wildman–Crippen LogP) is 4.07. The number of nitrogens with one attached hydrogen (secondary N) is 1. The highest BCUT2D eigenvalue weighted by molar-refractivity contribution is 5.94. The fraction of sp³-hybridized carbons (Fsp3) is 0.259. The van der Waals surface area contributed by atoms with Crippen LogP contribution in [0.5, 0.6) is 5.75 Å². The summed E-state index contributed by atoms with van der Waals surface area (Å²) >= 11 is 0. The van der Waals surface area contributed by atoms with Gasteiger partial charge in [-0.1, -0.05) is 30.3 Å². The standard InChI is InChI=1S/C27H30N4O4/c1-20-5-3-7-24(17-20)31(19-21-9-11-22(12-10-21)26(32)28-34)27(33)30-15-13-29(14-16-30)23-6-4-8-25(18-23)35-2/h3-12,17-18,34H,13-16,19H2,1-2H3,(H,28,32). The van der Waals surface area contributed by atoms with Gasteiger partial charge in [-0.05, 0) is 54.4 Å². The summed E-state index contributed by atoms with van der Waals surface area (Å²) in [6.07, 6.45) is 0. The molecule has 3 aromatic rings. The molecule has 0 atom stereocenters. The van der Waals surface area contributed by atoms with Crippen molar-refractivity contribution in [3.63, 3.8) is 0 Å². The summed E-state index contributed by atoms with van der Waals surface area (Å²) in [5, 5.41) is 8.84. The van der Waals surface area contributed by atoms with Crippen LogP contribution in [0.2, 0.25) is 0 Å². The Kier molecular flexibility index (Phi) is 7.52. The number of piperazine rings is 1. The van der Waals surface area contributed by atoms with Crippen LogP contribution in [0.3, 0.4) is 0 Å². The van der Waals surface area contributed by atoms with E-state index in [2.05, 4.69) is 11.0 Å². The molecule has 3 amide bonds. The minimum Gasteiger partial charge on any atom is -0.497 e. The molecule has 1 aliphatic rings. The first-order valence-electron chi connectivity index (χ1n) is 11.5. The van der Waals surface area contributed by atoms with E-state index in [0.29, 0.717) is 25.2 Å². The van der Waals surface area contributed by atoms with Gasteiger partial charge < -0.3 is 14.5 Å². The number of benzene rings is 3. The number of urea groups is 1. The van der Waals surface area contributed by atoms with Gasteiger partial charge in [0.05, 0.1) is 13.7 Å². The summed E-state index contributed by atoms with van der Waals surface area (Å²) < 4.78 is 5.35. The molecule has 1 heterocycles. The molecule has 4 rings (SSSR count). The Morgan fingerprint density at radius 1 is 0.971 bits per heavy atom. The van der Waals surface area contributed by atoms with Crippen molar-refractivity contribution in [1.29, 1.82) is 0 Å². The largest absolute Gasteiger partial charge is 0.497 e. The smallest absolute Gasteiger partial charge is 0.324 e. The zero-order valence-corrected chi connectivity index (χ0v) is 20.0. The number of hydrogen-bond donors (Lipinski definition) is 2. The monoisotopic (exact) mass is 474 g/mol. The number of hydrogen-bond acceptors (Lipinski definition) is 5. The number of carbonyl (C=O) groups is 2. The Bertz CT molecular complexity index is 1170. The lowest BCUT2D eigenvalue weighted by Crippen LogP contribution is -2.53. The number of hydroxylamine groups is 1. The first kappa shape index (κ1) is 24.1. The van der Waals surface area contributed by atoms with Crippen LogP contribution in [0.25, 0.3) is 0 Å². The second kappa shape index (κ2) is 10.9. The molecule has 0 aromatic heterocycles. The van der Waals surface area contributed by atoms with Gasteiger partial charge in [-0.15, -0.1) is 0 Å². The lowest BCUT2D eigenvalue weighted by molar-refractivity contribution is 0.0706. The maximum absolute atomic E-state index is 13.7. The normalized spacial score (nSPS) is 13.3. The Hall–Kier alpha value is -4.04. The minimum absolute atomic E-state index is 0.0573. The predicted molar refractivity (Wildman–Crippen MR) is 135 cm³/mol. The summed E-state index contributed by atoms with van der Waals surface area (Å²) in [5.74, 6) is 0.242. The first-order valence-corrected chi connectivity index (χ1v) is 11.5.